The summed E-state index contributed by atoms with van der Waals surface area (Å²) >= 11 is 0. The molecule has 0 radical (unpaired) electrons. The number of rotatable bonds is 2. The van der Waals surface area contributed by atoms with Crippen LogP contribution in [0.15, 0.2) is 18.2 Å². The second kappa shape index (κ2) is 3.26. The van der Waals surface area contributed by atoms with Crippen LogP contribution in [0.3, 0.4) is 0 Å². The molecule has 0 aliphatic rings. The van der Waals surface area contributed by atoms with E-state index in [0.29, 0.717) is 11.4 Å². The summed E-state index contributed by atoms with van der Waals surface area (Å²) < 4.78 is 0. The van der Waals surface area contributed by atoms with Crippen LogP contribution in [-0.4, -0.2) is 12.8 Å². The third-order valence-corrected chi connectivity index (χ3v) is 1.72. The molecule has 64 valence electrons. The lowest BCUT2D eigenvalue weighted by atomic mass is 10.1. The number of anilines is 2. The van der Waals surface area contributed by atoms with E-state index in [0.717, 1.165) is 11.3 Å². The van der Waals surface area contributed by atoms with Crippen molar-refractivity contribution in [3.05, 3.63) is 23.8 Å². The number of hydrogen-bond donors (Lipinski definition) is 3. The zero-order chi connectivity index (χ0) is 9.14. The Labute approximate surface area is 72.1 Å². The van der Waals surface area contributed by atoms with Gasteiger partial charge in [0.25, 0.3) is 0 Å². The summed E-state index contributed by atoms with van der Waals surface area (Å²) in [5.41, 5.74) is 8.65. The summed E-state index contributed by atoms with van der Waals surface area (Å²) in [6, 6.07) is 5.48. The smallest absolute Gasteiger partial charge is 0.0449 e. The van der Waals surface area contributed by atoms with Gasteiger partial charge in [-0.15, -0.1) is 0 Å². The average molecular weight is 163 g/mol. The molecule has 0 saturated heterocycles. The van der Waals surface area contributed by atoms with E-state index in [2.05, 4.69) is 5.32 Å². The minimum absolute atomic E-state index is 0.541. The molecule has 0 saturated carbocycles. The molecule has 0 atom stereocenters. The zero-order valence-electron chi connectivity index (χ0n) is 7.31. The summed E-state index contributed by atoms with van der Waals surface area (Å²) in [6.45, 7) is 1.76. The van der Waals surface area contributed by atoms with Crippen molar-refractivity contribution < 1.29 is 0 Å². The van der Waals surface area contributed by atoms with Crippen molar-refractivity contribution in [2.75, 3.05) is 18.1 Å². The molecule has 3 nitrogen and oxygen atoms in total. The van der Waals surface area contributed by atoms with Gasteiger partial charge in [0.05, 0.1) is 0 Å². The van der Waals surface area contributed by atoms with E-state index in [9.17, 15) is 0 Å². The van der Waals surface area contributed by atoms with Gasteiger partial charge in [0.1, 0.15) is 0 Å². The van der Waals surface area contributed by atoms with Gasteiger partial charge in [-0.25, -0.2) is 0 Å². The van der Waals surface area contributed by atoms with Crippen LogP contribution in [0.25, 0.3) is 0 Å². The number of nitrogen functional groups attached to an aromatic ring is 1. The van der Waals surface area contributed by atoms with Crippen LogP contribution < -0.4 is 11.1 Å². The molecule has 0 aromatic heterocycles. The average Bonchev–Trinajstić information content (AvgIpc) is 2.03. The van der Waals surface area contributed by atoms with Crippen molar-refractivity contribution in [3.63, 3.8) is 0 Å². The Bertz CT molecular complexity index is 305. The van der Waals surface area contributed by atoms with E-state index >= 15 is 0 Å². The summed E-state index contributed by atoms with van der Waals surface area (Å²) in [7, 11) is 1.82. The summed E-state index contributed by atoms with van der Waals surface area (Å²) in [5, 5.41) is 10.5. The Kier molecular flexibility index (Phi) is 2.33. The molecule has 0 fully saturated rings. The Morgan fingerprint density at radius 3 is 2.67 bits per heavy atom. The lowest BCUT2D eigenvalue weighted by molar-refractivity contribution is 1.42. The van der Waals surface area contributed by atoms with Crippen molar-refractivity contribution in [3.8, 4) is 0 Å². The van der Waals surface area contributed by atoms with E-state index < -0.39 is 0 Å². The first-order valence-corrected chi connectivity index (χ1v) is 3.78. The standard InChI is InChI=1S/C9H13N3/c1-6(10)8-4-3-7(11)5-9(8)12-2/h3-5,10,12H,11H2,1-2H3. The SMILES string of the molecule is CNc1cc(N)ccc1C(C)=N. The molecule has 0 aliphatic heterocycles. The van der Waals surface area contributed by atoms with Crippen molar-refractivity contribution in [2.24, 2.45) is 0 Å². The van der Waals surface area contributed by atoms with E-state index in [4.69, 9.17) is 11.1 Å². The molecular formula is C9H13N3. The largest absolute Gasteiger partial charge is 0.399 e. The maximum Gasteiger partial charge on any atom is 0.0449 e. The Morgan fingerprint density at radius 1 is 1.50 bits per heavy atom. The number of nitrogens with two attached hydrogens (primary N) is 1. The molecule has 0 bridgehead atoms. The lowest BCUT2D eigenvalue weighted by Gasteiger charge is -2.07. The molecule has 1 aromatic rings. The minimum Gasteiger partial charge on any atom is -0.399 e. The maximum atomic E-state index is 7.47. The first kappa shape index (κ1) is 8.59. The van der Waals surface area contributed by atoms with Gasteiger partial charge >= 0.3 is 0 Å². The van der Waals surface area contributed by atoms with Gasteiger partial charge in [-0.3, -0.25) is 0 Å². The highest BCUT2D eigenvalue weighted by Crippen LogP contribution is 2.18. The summed E-state index contributed by atoms with van der Waals surface area (Å²) in [5.74, 6) is 0. The van der Waals surface area contributed by atoms with Gasteiger partial charge in [0.15, 0.2) is 0 Å². The van der Waals surface area contributed by atoms with E-state index in [1.54, 1.807) is 13.0 Å². The van der Waals surface area contributed by atoms with Crippen LogP contribution in [0.4, 0.5) is 11.4 Å². The Morgan fingerprint density at radius 2 is 2.17 bits per heavy atom. The molecule has 3 heteroatoms. The first-order chi connectivity index (χ1) is 5.65. The van der Waals surface area contributed by atoms with Gasteiger partial charge < -0.3 is 16.5 Å². The molecule has 1 rings (SSSR count). The van der Waals surface area contributed by atoms with E-state index in [1.807, 2.05) is 19.2 Å². The van der Waals surface area contributed by atoms with Gasteiger partial charge in [-0.05, 0) is 25.1 Å². The fourth-order valence-electron chi connectivity index (χ4n) is 1.10. The van der Waals surface area contributed by atoms with Gasteiger partial charge in [0.2, 0.25) is 0 Å². The van der Waals surface area contributed by atoms with Gasteiger partial charge in [-0.2, -0.15) is 0 Å². The summed E-state index contributed by atoms with van der Waals surface area (Å²) in [4.78, 5) is 0. The lowest BCUT2D eigenvalue weighted by Crippen LogP contribution is -2.01. The molecule has 0 heterocycles. The van der Waals surface area contributed by atoms with Crippen molar-refractivity contribution in [1.29, 1.82) is 5.41 Å². The Balaban J connectivity index is 3.20. The molecule has 0 amide bonds. The van der Waals surface area contributed by atoms with Crippen molar-refractivity contribution >= 4 is 17.1 Å². The molecule has 0 unspecified atom stereocenters. The molecule has 4 N–H and O–H groups in total. The van der Waals surface area contributed by atoms with Crippen LogP contribution in [0, 0.1) is 5.41 Å². The zero-order valence-corrected chi connectivity index (χ0v) is 7.31. The second-order valence-electron chi connectivity index (χ2n) is 2.68. The van der Waals surface area contributed by atoms with Crippen LogP contribution in [0.2, 0.25) is 0 Å². The molecular weight excluding hydrogens is 150 g/mol. The van der Waals surface area contributed by atoms with Crippen LogP contribution in [-0.2, 0) is 0 Å². The normalized spacial score (nSPS) is 9.50. The Hall–Kier alpha value is -1.51. The van der Waals surface area contributed by atoms with Gasteiger partial charge in [-0.1, -0.05) is 0 Å². The molecule has 0 spiro atoms. The van der Waals surface area contributed by atoms with E-state index in [1.165, 1.54) is 0 Å². The molecule has 12 heavy (non-hydrogen) atoms. The highest BCUT2D eigenvalue weighted by molar-refractivity contribution is 6.01. The maximum absolute atomic E-state index is 7.47. The van der Waals surface area contributed by atoms with Gasteiger partial charge in [0, 0.05) is 29.7 Å². The monoisotopic (exact) mass is 163 g/mol. The third kappa shape index (κ3) is 1.56. The highest BCUT2D eigenvalue weighted by atomic mass is 14.8. The fraction of sp³-hybridized carbons (Fsp3) is 0.222. The number of nitrogens with one attached hydrogen (secondary N) is 2. The predicted molar refractivity (Wildman–Crippen MR) is 52.9 cm³/mol. The third-order valence-electron chi connectivity index (χ3n) is 1.72. The highest BCUT2D eigenvalue weighted by Gasteiger charge is 2.02. The molecule has 0 aliphatic carbocycles. The van der Waals surface area contributed by atoms with Crippen LogP contribution >= 0.6 is 0 Å². The summed E-state index contributed by atoms with van der Waals surface area (Å²) in [6.07, 6.45) is 0. The topological polar surface area (TPSA) is 61.9 Å². The minimum atomic E-state index is 0.541. The number of benzene rings is 1. The van der Waals surface area contributed by atoms with E-state index in [-0.39, 0.29) is 0 Å². The van der Waals surface area contributed by atoms with Crippen LogP contribution in [0.1, 0.15) is 12.5 Å². The van der Waals surface area contributed by atoms with Crippen molar-refractivity contribution in [1.82, 2.24) is 0 Å². The fourth-order valence-corrected chi connectivity index (χ4v) is 1.10. The van der Waals surface area contributed by atoms with Crippen LogP contribution in [0.5, 0.6) is 0 Å². The number of hydrogen-bond acceptors (Lipinski definition) is 3. The van der Waals surface area contributed by atoms with Crippen molar-refractivity contribution in [2.45, 2.75) is 6.92 Å². The quantitative estimate of drug-likeness (QED) is 0.459. The second-order valence-corrected chi connectivity index (χ2v) is 2.68. The first-order valence-electron chi connectivity index (χ1n) is 3.78. The molecule has 1 aromatic carbocycles. The predicted octanol–water partition coefficient (Wildman–Crippen LogP) is 1.70.